The maximum absolute atomic E-state index is 15.5. The zero-order chi connectivity index (χ0) is 37.9. The maximum atomic E-state index is 15.5. The Labute approximate surface area is 289 Å². The number of benzene rings is 2. The standard InChI is InChI=1S/C35H27F9N4O4/c1-17-8-20(30(49)50)6-7-24(17)25-11-19(4-3-5-27(25)36)26-13-45-31(47-15-33(37,38)16-47)46-28(26)14-48-18(2)29(52-32(48)51)21-9-22(34(39,40)41)12-23(10-21)35(42,43)44/h3,5-13,18,29H,4,14-16H2,1-2H3,(H,49,50). The normalized spacial score (nSPS) is 20.4. The molecule has 1 aliphatic carbocycles. The molecule has 1 N–H and O–H groups in total. The first-order valence-electron chi connectivity index (χ1n) is 15.6. The molecule has 2 atom stereocenters. The van der Waals surface area contributed by atoms with Gasteiger partial charge in [0, 0.05) is 17.3 Å². The van der Waals surface area contributed by atoms with Crippen molar-refractivity contribution in [2.45, 2.75) is 57.2 Å². The van der Waals surface area contributed by atoms with Crippen LogP contribution in [0.15, 0.2) is 66.6 Å². The van der Waals surface area contributed by atoms with Crippen LogP contribution in [0.4, 0.5) is 50.3 Å². The molecule has 2 saturated heterocycles. The minimum atomic E-state index is -5.15. The van der Waals surface area contributed by atoms with Gasteiger partial charge in [0.15, 0.2) is 0 Å². The van der Waals surface area contributed by atoms with Gasteiger partial charge >= 0.3 is 24.4 Å². The molecule has 3 heterocycles. The number of aromatic carboxylic acids is 1. The molecule has 0 radical (unpaired) electrons. The Bertz CT molecular complexity index is 2020. The van der Waals surface area contributed by atoms with Crippen LogP contribution in [0.3, 0.4) is 0 Å². The summed E-state index contributed by atoms with van der Waals surface area (Å²) in [7, 11) is 0. The maximum Gasteiger partial charge on any atom is 0.416 e. The summed E-state index contributed by atoms with van der Waals surface area (Å²) < 4.78 is 130. The number of ether oxygens (including phenoxy) is 1. The molecule has 17 heteroatoms. The van der Waals surface area contributed by atoms with Crippen molar-refractivity contribution >= 4 is 29.2 Å². The van der Waals surface area contributed by atoms with Crippen molar-refractivity contribution < 1.29 is 58.9 Å². The molecule has 8 nitrogen and oxygen atoms in total. The molecule has 274 valence electrons. The van der Waals surface area contributed by atoms with Crippen molar-refractivity contribution in [1.82, 2.24) is 14.9 Å². The number of carboxylic acid groups (broad SMARTS) is 1. The van der Waals surface area contributed by atoms with Crippen molar-refractivity contribution in [2.24, 2.45) is 0 Å². The van der Waals surface area contributed by atoms with Crippen LogP contribution in [0, 0.1) is 6.92 Å². The fourth-order valence-corrected chi connectivity index (χ4v) is 6.24. The summed E-state index contributed by atoms with van der Waals surface area (Å²) in [6.07, 6.45) is -7.44. The number of carbonyl (C=O) groups is 2. The fraction of sp³-hybridized carbons (Fsp3) is 0.314. The number of hydrogen-bond donors (Lipinski definition) is 1. The number of aromatic nitrogens is 2. The summed E-state index contributed by atoms with van der Waals surface area (Å²) in [5, 5.41) is 9.37. The van der Waals surface area contributed by atoms with E-state index in [0.29, 0.717) is 28.8 Å². The molecule has 0 bridgehead atoms. The first-order chi connectivity index (χ1) is 24.2. The van der Waals surface area contributed by atoms with Crippen LogP contribution in [0.2, 0.25) is 0 Å². The number of aryl methyl sites for hydroxylation is 1. The highest BCUT2D eigenvalue weighted by Gasteiger charge is 2.46. The van der Waals surface area contributed by atoms with E-state index in [1.165, 1.54) is 54.4 Å². The zero-order valence-corrected chi connectivity index (χ0v) is 27.1. The highest BCUT2D eigenvalue weighted by Crippen LogP contribution is 2.42. The Morgan fingerprint density at radius 3 is 2.25 bits per heavy atom. The SMILES string of the molecule is Cc1cc(C(=O)O)ccc1C1=C(F)C=CCC(c2cnc(N3CC(F)(F)C3)nc2CN2C(=O)OC(c3cc(C(F)(F)F)cc(C(F)(F)F)c3)C2C)=C1. The van der Waals surface area contributed by atoms with E-state index in [0.717, 1.165) is 4.90 Å². The average molecular weight is 739 g/mol. The second-order valence-corrected chi connectivity index (χ2v) is 12.6. The molecule has 3 aliphatic rings. The Hall–Kier alpha value is -5.35. The second kappa shape index (κ2) is 13.0. The fourth-order valence-electron chi connectivity index (χ4n) is 6.24. The van der Waals surface area contributed by atoms with Crippen LogP contribution in [0.25, 0.3) is 11.1 Å². The Morgan fingerprint density at radius 2 is 1.67 bits per heavy atom. The van der Waals surface area contributed by atoms with Crippen molar-refractivity contribution in [2.75, 3.05) is 18.0 Å². The van der Waals surface area contributed by atoms with Gasteiger partial charge in [0.05, 0.1) is 48.1 Å². The van der Waals surface area contributed by atoms with Crippen LogP contribution in [0.1, 0.15) is 68.9 Å². The first kappa shape index (κ1) is 36.4. The lowest BCUT2D eigenvalue weighted by Gasteiger charge is -2.38. The van der Waals surface area contributed by atoms with Crippen LogP contribution in [-0.2, 0) is 23.6 Å². The van der Waals surface area contributed by atoms with Crippen LogP contribution >= 0.6 is 0 Å². The lowest BCUT2D eigenvalue weighted by atomic mass is 9.94. The molecule has 0 saturated carbocycles. The van der Waals surface area contributed by atoms with E-state index in [4.69, 9.17) is 4.74 Å². The molecule has 2 unspecified atom stereocenters. The van der Waals surface area contributed by atoms with Crippen molar-refractivity contribution in [1.29, 1.82) is 0 Å². The van der Waals surface area contributed by atoms with Crippen molar-refractivity contribution in [3.05, 3.63) is 111 Å². The summed E-state index contributed by atoms with van der Waals surface area (Å²) >= 11 is 0. The Balaban J connectivity index is 1.40. The average Bonchev–Trinajstić information content (AvgIpc) is 3.19. The molecule has 1 amide bonds. The number of amides is 1. The highest BCUT2D eigenvalue weighted by molar-refractivity contribution is 5.92. The molecule has 1 aromatic heterocycles. The number of carboxylic acids is 1. The van der Waals surface area contributed by atoms with Gasteiger partial charge in [0.1, 0.15) is 11.9 Å². The number of allylic oxidation sites excluding steroid dienone is 6. The number of alkyl halides is 8. The number of rotatable bonds is 7. The smallest absolute Gasteiger partial charge is 0.416 e. The lowest BCUT2D eigenvalue weighted by molar-refractivity contribution is -0.143. The topological polar surface area (TPSA) is 95.9 Å². The number of hydrogen-bond acceptors (Lipinski definition) is 6. The number of cyclic esters (lactones) is 1. The van der Waals surface area contributed by atoms with Gasteiger partial charge in [-0.1, -0.05) is 12.1 Å². The van der Waals surface area contributed by atoms with E-state index in [9.17, 15) is 49.8 Å². The number of carbonyl (C=O) groups excluding carboxylic acids is 1. The molecular weight excluding hydrogens is 711 g/mol. The van der Waals surface area contributed by atoms with Gasteiger partial charge in [0.25, 0.3) is 5.92 Å². The largest absolute Gasteiger partial charge is 0.478 e. The van der Waals surface area contributed by atoms with E-state index in [-0.39, 0.29) is 40.8 Å². The van der Waals surface area contributed by atoms with E-state index < -0.39 is 84.6 Å². The third-order valence-corrected chi connectivity index (χ3v) is 8.92. The second-order valence-electron chi connectivity index (χ2n) is 12.6. The van der Waals surface area contributed by atoms with Crippen molar-refractivity contribution in [3.8, 4) is 0 Å². The number of halogens is 9. The molecule has 3 aromatic rings. The third kappa shape index (κ3) is 7.21. The molecular formula is C35H27F9N4O4. The molecule has 0 spiro atoms. The zero-order valence-electron chi connectivity index (χ0n) is 27.1. The third-order valence-electron chi connectivity index (χ3n) is 8.92. The molecule has 52 heavy (non-hydrogen) atoms. The van der Waals surface area contributed by atoms with Crippen molar-refractivity contribution in [3.63, 3.8) is 0 Å². The van der Waals surface area contributed by atoms with Crippen LogP contribution in [0.5, 0.6) is 0 Å². The summed E-state index contributed by atoms with van der Waals surface area (Å²) in [5.74, 6) is -5.00. The van der Waals surface area contributed by atoms with Gasteiger partial charge in [-0.05, 0) is 85.0 Å². The van der Waals surface area contributed by atoms with E-state index in [1.807, 2.05) is 0 Å². The summed E-state index contributed by atoms with van der Waals surface area (Å²) in [4.78, 5) is 35.6. The quantitative estimate of drug-likeness (QED) is 0.242. The first-order valence-corrected chi connectivity index (χ1v) is 15.6. The molecule has 2 aromatic carbocycles. The lowest BCUT2D eigenvalue weighted by Crippen LogP contribution is -2.57. The minimum absolute atomic E-state index is 0.0249. The van der Waals surface area contributed by atoms with Gasteiger partial charge < -0.3 is 14.7 Å². The van der Waals surface area contributed by atoms with E-state index in [2.05, 4.69) is 9.97 Å². The minimum Gasteiger partial charge on any atom is -0.478 e. The van der Waals surface area contributed by atoms with Gasteiger partial charge in [0.2, 0.25) is 5.95 Å². The Kier molecular flexibility index (Phi) is 9.11. The molecule has 6 rings (SSSR count). The monoisotopic (exact) mass is 738 g/mol. The summed E-state index contributed by atoms with van der Waals surface area (Å²) in [5.41, 5.74) is -2.24. The van der Waals surface area contributed by atoms with Gasteiger partial charge in [-0.25, -0.2) is 32.7 Å². The summed E-state index contributed by atoms with van der Waals surface area (Å²) in [6.45, 7) is 1.08. The number of anilines is 1. The molecule has 2 fully saturated rings. The summed E-state index contributed by atoms with van der Waals surface area (Å²) in [6, 6.07) is 3.86. The number of nitrogens with zero attached hydrogens (tertiary/aromatic N) is 4. The van der Waals surface area contributed by atoms with E-state index in [1.54, 1.807) is 6.92 Å². The van der Waals surface area contributed by atoms with Crippen LogP contribution in [-0.4, -0.2) is 57.1 Å². The van der Waals surface area contributed by atoms with Gasteiger partial charge in [-0.2, -0.15) is 26.3 Å². The van der Waals surface area contributed by atoms with Crippen LogP contribution < -0.4 is 4.90 Å². The molecule has 2 aliphatic heterocycles. The predicted molar refractivity (Wildman–Crippen MR) is 168 cm³/mol. The Morgan fingerprint density at radius 1 is 1.02 bits per heavy atom. The van der Waals surface area contributed by atoms with Gasteiger partial charge in [-0.15, -0.1) is 0 Å². The van der Waals surface area contributed by atoms with E-state index >= 15 is 4.39 Å². The highest BCUT2D eigenvalue weighted by atomic mass is 19.4. The van der Waals surface area contributed by atoms with Gasteiger partial charge in [-0.3, -0.25) is 4.90 Å². The predicted octanol–water partition coefficient (Wildman–Crippen LogP) is 8.78.